The maximum Gasteiger partial charge on any atom is 0.218 e. The minimum absolute atomic E-state index is 0.147. The molecule has 0 saturated carbocycles. The molecule has 2 fully saturated rings. The maximum absolute atomic E-state index is 6.27. The summed E-state index contributed by atoms with van der Waals surface area (Å²) in [6.45, 7) is 4.40. The topological polar surface area (TPSA) is 85.3 Å². The lowest BCUT2D eigenvalue weighted by Crippen LogP contribution is -2.48. The zero-order valence-corrected chi connectivity index (χ0v) is 15.2. The summed E-state index contributed by atoms with van der Waals surface area (Å²) >= 11 is 0. The number of hydrogen-bond acceptors (Lipinski definition) is 8. The first kappa shape index (κ1) is 17.0. The molecule has 8 heteroatoms. The summed E-state index contributed by atoms with van der Waals surface area (Å²) in [5, 5.41) is 11.8. The van der Waals surface area contributed by atoms with Crippen molar-refractivity contribution in [2.75, 3.05) is 37.0 Å². The van der Waals surface area contributed by atoms with Crippen molar-refractivity contribution < 1.29 is 9.47 Å². The van der Waals surface area contributed by atoms with E-state index < -0.39 is 0 Å². The van der Waals surface area contributed by atoms with E-state index in [1.807, 2.05) is 25.1 Å². The molecule has 1 N–H and O–H groups in total. The van der Waals surface area contributed by atoms with E-state index in [4.69, 9.17) is 9.47 Å². The molecule has 1 spiro atoms. The van der Waals surface area contributed by atoms with Crippen LogP contribution in [-0.2, 0) is 4.74 Å². The number of aromatic nitrogens is 4. The van der Waals surface area contributed by atoms with Crippen LogP contribution < -0.4 is 15.0 Å². The fourth-order valence-corrected chi connectivity index (χ4v) is 3.81. The Labute approximate surface area is 153 Å². The van der Waals surface area contributed by atoms with Crippen molar-refractivity contribution in [3.8, 4) is 5.88 Å². The molecule has 0 aliphatic carbocycles. The Balaban J connectivity index is 1.43. The van der Waals surface area contributed by atoms with Crippen molar-refractivity contribution >= 4 is 11.6 Å². The lowest BCUT2D eigenvalue weighted by atomic mass is 9.88. The third-order valence-electron chi connectivity index (χ3n) is 5.06. The lowest BCUT2D eigenvalue weighted by Gasteiger charge is -2.40. The summed E-state index contributed by atoms with van der Waals surface area (Å²) in [4.78, 5) is 10.8. The zero-order valence-electron chi connectivity index (χ0n) is 15.2. The van der Waals surface area contributed by atoms with Crippen LogP contribution in [0, 0.1) is 6.92 Å². The Morgan fingerprint density at radius 1 is 1.31 bits per heavy atom. The van der Waals surface area contributed by atoms with E-state index in [-0.39, 0.29) is 11.6 Å². The SMILES string of the molecule is COc1cc(N2CCCC3(CC(Nc4ccc(C)nn4)CO3)C2)ncn1. The van der Waals surface area contributed by atoms with Crippen LogP contribution in [0.5, 0.6) is 5.88 Å². The smallest absolute Gasteiger partial charge is 0.218 e. The van der Waals surface area contributed by atoms with Gasteiger partial charge < -0.3 is 19.7 Å². The van der Waals surface area contributed by atoms with Gasteiger partial charge >= 0.3 is 0 Å². The molecule has 0 bridgehead atoms. The van der Waals surface area contributed by atoms with E-state index in [1.54, 1.807) is 13.4 Å². The molecule has 2 aromatic rings. The molecular formula is C18H24N6O2. The molecule has 2 unspecified atom stereocenters. The highest BCUT2D eigenvalue weighted by molar-refractivity contribution is 5.42. The van der Waals surface area contributed by atoms with Crippen molar-refractivity contribution in [1.29, 1.82) is 0 Å². The number of nitrogens with one attached hydrogen (secondary N) is 1. The van der Waals surface area contributed by atoms with Crippen molar-refractivity contribution in [3.63, 3.8) is 0 Å². The van der Waals surface area contributed by atoms with Gasteiger partial charge in [-0.3, -0.25) is 0 Å². The van der Waals surface area contributed by atoms with Crippen molar-refractivity contribution in [2.45, 2.75) is 37.8 Å². The molecule has 138 valence electrons. The average Bonchev–Trinajstić information content (AvgIpc) is 3.05. The van der Waals surface area contributed by atoms with Gasteiger partial charge in [-0.15, -0.1) is 5.10 Å². The van der Waals surface area contributed by atoms with Gasteiger partial charge in [0.1, 0.15) is 18.0 Å². The first-order valence-corrected chi connectivity index (χ1v) is 8.98. The second-order valence-electron chi connectivity index (χ2n) is 7.04. The van der Waals surface area contributed by atoms with Crippen LogP contribution in [0.15, 0.2) is 24.5 Å². The predicted octanol–water partition coefficient (Wildman–Crippen LogP) is 1.82. The fourth-order valence-electron chi connectivity index (χ4n) is 3.81. The Hall–Kier alpha value is -2.48. The summed E-state index contributed by atoms with van der Waals surface area (Å²) in [7, 11) is 1.62. The number of hydrogen-bond donors (Lipinski definition) is 1. The molecule has 2 aromatic heterocycles. The average molecular weight is 356 g/mol. The molecule has 4 heterocycles. The Morgan fingerprint density at radius 2 is 2.23 bits per heavy atom. The van der Waals surface area contributed by atoms with Crippen LogP contribution in [-0.4, -0.2) is 58.6 Å². The molecule has 26 heavy (non-hydrogen) atoms. The highest BCUT2D eigenvalue weighted by Crippen LogP contribution is 2.37. The van der Waals surface area contributed by atoms with Gasteiger partial charge in [0, 0.05) is 25.6 Å². The highest BCUT2D eigenvalue weighted by Gasteiger charge is 2.44. The Bertz CT molecular complexity index is 756. The van der Waals surface area contributed by atoms with Gasteiger partial charge in [-0.1, -0.05) is 0 Å². The lowest BCUT2D eigenvalue weighted by molar-refractivity contribution is -0.00653. The molecule has 2 saturated heterocycles. The third kappa shape index (κ3) is 3.55. The molecule has 0 aromatic carbocycles. The van der Waals surface area contributed by atoms with Crippen molar-refractivity contribution in [3.05, 3.63) is 30.2 Å². The van der Waals surface area contributed by atoms with Gasteiger partial charge in [0.15, 0.2) is 0 Å². The quantitative estimate of drug-likeness (QED) is 0.888. The van der Waals surface area contributed by atoms with Crippen molar-refractivity contribution in [2.24, 2.45) is 0 Å². The fraction of sp³-hybridized carbons (Fsp3) is 0.556. The minimum atomic E-state index is -0.147. The second-order valence-corrected chi connectivity index (χ2v) is 7.04. The van der Waals surface area contributed by atoms with Crippen LogP contribution in [0.3, 0.4) is 0 Å². The van der Waals surface area contributed by atoms with Gasteiger partial charge in [0.25, 0.3) is 0 Å². The summed E-state index contributed by atoms with van der Waals surface area (Å²) in [5.74, 6) is 2.27. The molecule has 2 aliphatic rings. The molecule has 0 radical (unpaired) electrons. The van der Waals surface area contributed by atoms with Gasteiger partial charge in [0.2, 0.25) is 5.88 Å². The number of methoxy groups -OCH3 is 1. The van der Waals surface area contributed by atoms with Gasteiger partial charge in [-0.25, -0.2) is 9.97 Å². The number of rotatable bonds is 4. The number of piperidine rings is 1. The molecule has 8 nitrogen and oxygen atoms in total. The third-order valence-corrected chi connectivity index (χ3v) is 5.06. The van der Waals surface area contributed by atoms with Gasteiger partial charge in [-0.05, 0) is 31.9 Å². The zero-order chi connectivity index (χ0) is 18.0. The van der Waals surface area contributed by atoms with Crippen LogP contribution in [0.2, 0.25) is 0 Å². The summed E-state index contributed by atoms with van der Waals surface area (Å²) in [6, 6.07) is 6.05. The van der Waals surface area contributed by atoms with E-state index >= 15 is 0 Å². The predicted molar refractivity (Wildman–Crippen MR) is 97.5 cm³/mol. The van der Waals surface area contributed by atoms with Crippen LogP contribution in [0.4, 0.5) is 11.6 Å². The normalized spacial score (nSPS) is 25.5. The molecule has 2 atom stereocenters. The van der Waals surface area contributed by atoms with Crippen LogP contribution >= 0.6 is 0 Å². The summed E-state index contributed by atoms with van der Waals surface area (Å²) in [5.41, 5.74) is 0.768. The standard InChI is InChI=1S/C18H24N6O2/c1-13-4-5-15(23-22-13)21-14-9-18(26-10-14)6-3-7-24(11-18)16-8-17(25-2)20-12-19-16/h4-5,8,12,14H,3,6-7,9-11H2,1-2H3,(H,21,23). The second kappa shape index (κ2) is 7.03. The Morgan fingerprint density at radius 3 is 3.04 bits per heavy atom. The summed E-state index contributed by atoms with van der Waals surface area (Å²) < 4.78 is 11.5. The number of nitrogens with zero attached hydrogens (tertiary/aromatic N) is 5. The van der Waals surface area contributed by atoms with E-state index in [0.29, 0.717) is 12.5 Å². The monoisotopic (exact) mass is 356 g/mol. The molecular weight excluding hydrogens is 332 g/mol. The summed E-state index contributed by atoms with van der Waals surface area (Å²) in [6.07, 6.45) is 4.62. The van der Waals surface area contributed by atoms with Crippen molar-refractivity contribution in [1.82, 2.24) is 20.2 Å². The number of ether oxygens (including phenoxy) is 2. The van der Waals surface area contributed by atoms with E-state index in [1.165, 1.54) is 0 Å². The maximum atomic E-state index is 6.27. The number of anilines is 2. The van der Waals surface area contributed by atoms with E-state index in [0.717, 1.165) is 49.7 Å². The van der Waals surface area contributed by atoms with E-state index in [9.17, 15) is 0 Å². The molecule has 4 rings (SSSR count). The van der Waals surface area contributed by atoms with E-state index in [2.05, 4.69) is 30.4 Å². The molecule has 2 aliphatic heterocycles. The minimum Gasteiger partial charge on any atom is -0.481 e. The number of aryl methyl sites for hydroxylation is 1. The van der Waals surface area contributed by atoms with Gasteiger partial charge in [-0.2, -0.15) is 5.10 Å². The van der Waals surface area contributed by atoms with Crippen LogP contribution in [0.25, 0.3) is 0 Å². The first-order valence-electron chi connectivity index (χ1n) is 8.98. The molecule has 0 amide bonds. The largest absolute Gasteiger partial charge is 0.481 e. The van der Waals surface area contributed by atoms with Gasteiger partial charge in [0.05, 0.1) is 31.1 Å². The Kier molecular flexibility index (Phi) is 4.58. The highest BCUT2D eigenvalue weighted by atomic mass is 16.5. The van der Waals surface area contributed by atoms with Crippen LogP contribution in [0.1, 0.15) is 25.0 Å². The first-order chi connectivity index (χ1) is 12.7.